The van der Waals surface area contributed by atoms with E-state index in [1.165, 1.54) is 28.4 Å². The van der Waals surface area contributed by atoms with Gasteiger partial charge in [-0.25, -0.2) is 4.57 Å². The highest BCUT2D eigenvalue weighted by Crippen LogP contribution is 2.40. The Balaban J connectivity index is 1.28. The Hall–Kier alpha value is -2.92. The van der Waals surface area contributed by atoms with Crippen LogP contribution in [0.1, 0.15) is 0 Å². The molecule has 2 aliphatic heterocycles. The molecule has 2 amide bonds. The van der Waals surface area contributed by atoms with Gasteiger partial charge in [-0.15, -0.1) is 23.5 Å². The molecular weight excluding hydrogens is 557 g/mol. The first-order chi connectivity index (χ1) is 17.7. The lowest BCUT2D eigenvalue weighted by Crippen LogP contribution is -2.71. The highest BCUT2D eigenvalue weighted by Gasteiger charge is 2.53. The molecule has 1 fully saturated rings. The minimum Gasteiger partial charge on any atom is -0.543 e. The van der Waals surface area contributed by atoms with Gasteiger partial charge >= 0.3 is 0 Å². The third-order valence-corrected chi connectivity index (χ3v) is 9.11. The van der Waals surface area contributed by atoms with Gasteiger partial charge in [-0.2, -0.15) is 0 Å². The van der Waals surface area contributed by atoms with Gasteiger partial charge in [0.15, 0.2) is 18.9 Å². The van der Waals surface area contributed by atoms with Crippen molar-refractivity contribution in [1.29, 1.82) is 0 Å². The number of carboxylic acid groups (broad SMARTS) is 1. The third kappa shape index (κ3) is 5.11. The normalized spacial score (nSPS) is 19.0. The number of aromatic hydroxyl groups is 1. The van der Waals surface area contributed by atoms with E-state index in [1.54, 1.807) is 53.4 Å². The Labute approximate surface area is 230 Å². The van der Waals surface area contributed by atoms with Gasteiger partial charge in [0, 0.05) is 38.1 Å². The second-order valence-corrected chi connectivity index (χ2v) is 11.4. The van der Waals surface area contributed by atoms with Crippen LogP contribution in [-0.4, -0.2) is 50.7 Å². The molecule has 2 aromatic carbocycles. The molecule has 2 atom stereocenters. The first-order valence-corrected chi connectivity index (χ1v) is 13.9. The zero-order valence-corrected chi connectivity index (χ0v) is 22.2. The van der Waals surface area contributed by atoms with Crippen molar-refractivity contribution in [2.75, 3.05) is 11.5 Å². The van der Waals surface area contributed by atoms with E-state index < -0.39 is 23.3 Å². The average molecular weight is 576 g/mol. The fourth-order valence-corrected chi connectivity index (χ4v) is 6.95. The van der Waals surface area contributed by atoms with Crippen molar-refractivity contribution in [3.63, 3.8) is 0 Å². The van der Waals surface area contributed by atoms with E-state index in [1.807, 2.05) is 6.07 Å². The lowest BCUT2D eigenvalue weighted by molar-refractivity contribution is -0.687. The summed E-state index contributed by atoms with van der Waals surface area (Å²) in [5.74, 6) is -1.79. The maximum Gasteiger partial charge on any atom is 0.253 e. The summed E-state index contributed by atoms with van der Waals surface area (Å²) in [5.41, 5.74) is 0.359. The number of β-lactam (4-membered cyclic amide) rings is 1. The molecule has 0 unspecified atom stereocenters. The molecule has 1 saturated heterocycles. The van der Waals surface area contributed by atoms with Crippen LogP contribution >= 0.6 is 46.7 Å². The molecule has 0 spiro atoms. The Morgan fingerprint density at radius 2 is 2.05 bits per heavy atom. The fourth-order valence-electron chi connectivity index (χ4n) is 4.31. The summed E-state index contributed by atoms with van der Waals surface area (Å²) in [6, 6.07) is 11.0. The molecule has 1 aromatic heterocycles. The number of benzene rings is 2. The molecule has 0 aliphatic carbocycles. The summed E-state index contributed by atoms with van der Waals surface area (Å²) in [6.45, 7) is 0.229. The van der Waals surface area contributed by atoms with E-state index in [0.29, 0.717) is 31.7 Å². The van der Waals surface area contributed by atoms with Crippen molar-refractivity contribution in [2.24, 2.45) is 0 Å². The van der Waals surface area contributed by atoms with Gasteiger partial charge < -0.3 is 20.3 Å². The number of fused-ring (bicyclic) bond motifs is 2. The van der Waals surface area contributed by atoms with Gasteiger partial charge in [0.2, 0.25) is 5.91 Å². The molecule has 12 heteroatoms. The molecule has 3 heterocycles. The topological polar surface area (TPSA) is 114 Å². The SMILES string of the molecule is O=C(CSc1cc(Cl)ccc1Cl)N[C@@H]1C(=O)N2C(C(=O)[O-])=C(C[n+]3ccc4c(O)cccc4c3)CS[C@H]12. The number of phenols is 1. The lowest BCUT2D eigenvalue weighted by Gasteiger charge is -2.50. The summed E-state index contributed by atoms with van der Waals surface area (Å²) >= 11 is 14.7. The lowest BCUT2D eigenvalue weighted by atomic mass is 10.0. The number of carbonyl (C=O) groups excluding carboxylic acids is 3. The van der Waals surface area contributed by atoms with E-state index in [9.17, 15) is 24.6 Å². The number of hydrogen-bond donors (Lipinski definition) is 2. The molecule has 37 heavy (non-hydrogen) atoms. The van der Waals surface area contributed by atoms with Crippen LogP contribution in [0.25, 0.3) is 10.8 Å². The quantitative estimate of drug-likeness (QED) is 0.252. The van der Waals surface area contributed by atoms with Crippen LogP contribution in [0, 0.1) is 0 Å². The number of aromatic nitrogens is 1. The highest BCUT2D eigenvalue weighted by atomic mass is 35.5. The van der Waals surface area contributed by atoms with Gasteiger partial charge in [-0.05, 0) is 30.3 Å². The minimum atomic E-state index is -1.44. The number of halogens is 2. The summed E-state index contributed by atoms with van der Waals surface area (Å²) < 4.78 is 1.79. The Morgan fingerprint density at radius 3 is 2.84 bits per heavy atom. The number of carbonyl (C=O) groups is 3. The smallest absolute Gasteiger partial charge is 0.253 e. The summed E-state index contributed by atoms with van der Waals surface area (Å²) in [5, 5.41) is 26.7. The van der Waals surface area contributed by atoms with E-state index in [4.69, 9.17) is 23.2 Å². The minimum absolute atomic E-state index is 0.0177. The fraction of sp³-hybridized carbons (Fsp3) is 0.200. The number of rotatable bonds is 7. The number of phenolic OH excluding ortho intramolecular Hbond substituents is 1. The van der Waals surface area contributed by atoms with Crippen molar-refractivity contribution >= 4 is 75.3 Å². The first kappa shape index (κ1) is 25.7. The van der Waals surface area contributed by atoms with E-state index in [-0.39, 0.29) is 29.7 Å². The van der Waals surface area contributed by atoms with Gasteiger partial charge in [0.25, 0.3) is 5.91 Å². The number of amides is 2. The van der Waals surface area contributed by atoms with Crippen molar-refractivity contribution < 1.29 is 29.2 Å². The maximum absolute atomic E-state index is 12.9. The molecule has 0 radical (unpaired) electrons. The van der Waals surface area contributed by atoms with E-state index in [2.05, 4.69) is 5.32 Å². The van der Waals surface area contributed by atoms with Gasteiger partial charge in [0.1, 0.15) is 17.2 Å². The Bertz CT molecular complexity index is 1480. The summed E-state index contributed by atoms with van der Waals surface area (Å²) in [4.78, 5) is 39.4. The van der Waals surface area contributed by atoms with Crippen LogP contribution in [0.4, 0.5) is 0 Å². The van der Waals surface area contributed by atoms with Crippen molar-refractivity contribution in [1.82, 2.24) is 10.2 Å². The van der Waals surface area contributed by atoms with Crippen molar-refractivity contribution in [2.45, 2.75) is 22.9 Å². The predicted octanol–water partition coefficient (Wildman–Crippen LogP) is 2.34. The standard InChI is InChI=1S/C25H19Cl2N3O5S2/c26-15-4-5-17(27)19(8-15)36-12-20(32)28-21-23(33)30-22(25(34)35)14(11-37-24(21)30)10-29-7-6-16-13(9-29)2-1-3-18(16)31/h1-9,21,24H,10-12H2,(H2-,28,31,32,34,35)/t21-,24-/m1/s1. The van der Waals surface area contributed by atoms with Crippen molar-refractivity contribution in [3.8, 4) is 5.75 Å². The van der Waals surface area contributed by atoms with Crippen LogP contribution in [0.15, 0.2) is 71.0 Å². The number of nitrogens with one attached hydrogen (secondary N) is 1. The summed E-state index contributed by atoms with van der Waals surface area (Å²) in [7, 11) is 0. The second kappa shape index (κ2) is 10.4. The molecule has 5 rings (SSSR count). The molecule has 3 aromatic rings. The number of thioether (sulfide) groups is 2. The van der Waals surface area contributed by atoms with Gasteiger partial charge in [0.05, 0.1) is 22.4 Å². The predicted molar refractivity (Wildman–Crippen MR) is 140 cm³/mol. The number of nitrogens with zero attached hydrogens (tertiary/aromatic N) is 2. The van der Waals surface area contributed by atoms with Gasteiger partial charge in [-0.3, -0.25) is 14.5 Å². The summed E-state index contributed by atoms with van der Waals surface area (Å²) in [6.07, 6.45) is 3.54. The number of hydrogen-bond acceptors (Lipinski definition) is 7. The average Bonchev–Trinajstić information content (AvgIpc) is 2.87. The highest BCUT2D eigenvalue weighted by molar-refractivity contribution is 8.00. The van der Waals surface area contributed by atoms with Crippen molar-refractivity contribution in [3.05, 3.63) is 76.2 Å². The molecule has 8 nitrogen and oxygen atoms in total. The van der Waals surface area contributed by atoms with E-state index >= 15 is 0 Å². The largest absolute Gasteiger partial charge is 0.543 e. The molecular formula is C25H19Cl2N3O5S2. The Kier molecular flexibility index (Phi) is 7.26. The molecule has 2 N–H and O–H groups in total. The molecule has 0 bridgehead atoms. The third-order valence-electron chi connectivity index (χ3n) is 6.04. The van der Waals surface area contributed by atoms with Gasteiger partial charge in [-0.1, -0.05) is 29.3 Å². The second-order valence-electron chi connectivity index (χ2n) is 8.46. The number of carboxylic acids is 1. The van der Waals surface area contributed by atoms with Crippen LogP contribution in [0.2, 0.25) is 10.0 Å². The van der Waals surface area contributed by atoms with Crippen LogP contribution in [-0.2, 0) is 20.9 Å². The number of aliphatic carboxylic acids is 1. The van der Waals surface area contributed by atoms with Crippen LogP contribution in [0.3, 0.4) is 0 Å². The maximum atomic E-state index is 12.9. The van der Waals surface area contributed by atoms with Crippen LogP contribution in [0.5, 0.6) is 5.75 Å². The zero-order valence-electron chi connectivity index (χ0n) is 19.0. The molecule has 190 valence electrons. The first-order valence-electron chi connectivity index (χ1n) is 11.1. The number of pyridine rings is 1. The van der Waals surface area contributed by atoms with E-state index in [0.717, 1.165) is 5.39 Å². The molecule has 0 saturated carbocycles. The monoisotopic (exact) mass is 575 g/mol. The Morgan fingerprint density at radius 1 is 1.24 bits per heavy atom. The van der Waals surface area contributed by atoms with Crippen LogP contribution < -0.4 is 15.0 Å². The zero-order chi connectivity index (χ0) is 26.3. The molecule has 2 aliphatic rings.